The highest BCUT2D eigenvalue weighted by atomic mass is 35.5. The maximum Gasteiger partial charge on any atom is 0.230 e. The van der Waals surface area contributed by atoms with Gasteiger partial charge in [-0.05, 0) is 37.0 Å². The van der Waals surface area contributed by atoms with Gasteiger partial charge in [0.1, 0.15) is 0 Å². The molecule has 3 nitrogen and oxygen atoms in total. The molecule has 0 unspecified atom stereocenters. The smallest absolute Gasteiger partial charge is 0.230 e. The number of benzene rings is 1. The maximum atomic E-state index is 12.5. The molecule has 4 heteroatoms. The van der Waals surface area contributed by atoms with Gasteiger partial charge in [-0.3, -0.25) is 4.79 Å². The Labute approximate surface area is 119 Å². The quantitative estimate of drug-likeness (QED) is 0.872. The number of amides is 1. The van der Waals surface area contributed by atoms with Crippen LogP contribution in [0.3, 0.4) is 0 Å². The van der Waals surface area contributed by atoms with Crippen LogP contribution in [0, 0.1) is 0 Å². The zero-order valence-corrected chi connectivity index (χ0v) is 11.9. The van der Waals surface area contributed by atoms with E-state index >= 15 is 0 Å². The number of carbonyl (C=O) groups is 1. The molecule has 2 N–H and O–H groups in total. The third-order valence-corrected chi connectivity index (χ3v) is 4.30. The largest absolute Gasteiger partial charge is 0.394 e. The van der Waals surface area contributed by atoms with Gasteiger partial charge in [0.15, 0.2) is 0 Å². The van der Waals surface area contributed by atoms with E-state index < -0.39 is 5.41 Å². The van der Waals surface area contributed by atoms with Gasteiger partial charge in [-0.2, -0.15) is 0 Å². The lowest BCUT2D eigenvalue weighted by Gasteiger charge is -2.41. The molecule has 1 aromatic rings. The fourth-order valence-corrected chi connectivity index (χ4v) is 2.75. The first-order valence-electron chi connectivity index (χ1n) is 6.80. The van der Waals surface area contributed by atoms with E-state index in [2.05, 4.69) is 5.32 Å². The van der Waals surface area contributed by atoms with Gasteiger partial charge < -0.3 is 10.4 Å². The molecule has 1 fully saturated rings. The number of hydrogen-bond donors (Lipinski definition) is 2. The minimum Gasteiger partial charge on any atom is -0.394 e. The minimum absolute atomic E-state index is 0.0157. The van der Waals surface area contributed by atoms with Crippen molar-refractivity contribution in [3.63, 3.8) is 0 Å². The van der Waals surface area contributed by atoms with Gasteiger partial charge in [0.05, 0.1) is 18.1 Å². The zero-order chi connectivity index (χ0) is 13.9. The van der Waals surface area contributed by atoms with Crippen molar-refractivity contribution in [1.29, 1.82) is 0 Å². The van der Waals surface area contributed by atoms with E-state index in [0.717, 1.165) is 31.2 Å². The summed E-state index contributed by atoms with van der Waals surface area (Å²) in [5.74, 6) is 0.0157. The van der Waals surface area contributed by atoms with Crippen molar-refractivity contribution in [2.24, 2.45) is 0 Å². The minimum atomic E-state index is -0.451. The summed E-state index contributed by atoms with van der Waals surface area (Å²) in [4.78, 5) is 12.5. The molecule has 2 rings (SSSR count). The molecule has 1 saturated carbocycles. The molecule has 0 radical (unpaired) electrons. The van der Waals surface area contributed by atoms with E-state index in [-0.39, 0.29) is 18.6 Å². The number of nitrogens with one attached hydrogen (secondary N) is 1. The summed E-state index contributed by atoms with van der Waals surface area (Å²) in [6.07, 6.45) is 3.48. The molecule has 104 valence electrons. The van der Waals surface area contributed by atoms with Crippen molar-refractivity contribution in [1.82, 2.24) is 5.32 Å². The Bertz CT molecular complexity index is 453. The first kappa shape index (κ1) is 14.4. The summed E-state index contributed by atoms with van der Waals surface area (Å²) in [5.41, 5.74) is 0.532. The molecule has 0 bridgehead atoms. The monoisotopic (exact) mass is 281 g/mol. The highest BCUT2D eigenvalue weighted by molar-refractivity contribution is 6.30. The van der Waals surface area contributed by atoms with E-state index in [4.69, 9.17) is 11.6 Å². The molecule has 1 aliphatic carbocycles. The van der Waals surface area contributed by atoms with E-state index in [1.54, 1.807) is 0 Å². The molecule has 1 amide bonds. The van der Waals surface area contributed by atoms with Crippen molar-refractivity contribution < 1.29 is 9.90 Å². The van der Waals surface area contributed by atoms with E-state index in [1.807, 2.05) is 31.2 Å². The molecular formula is C15H20ClNO2. The Hall–Kier alpha value is -1.06. The van der Waals surface area contributed by atoms with Gasteiger partial charge in [0, 0.05) is 5.02 Å². The van der Waals surface area contributed by atoms with Crippen LogP contribution in [0.15, 0.2) is 24.3 Å². The van der Waals surface area contributed by atoms with E-state index in [1.165, 1.54) is 0 Å². The van der Waals surface area contributed by atoms with Crippen LogP contribution in [0.5, 0.6) is 0 Å². The standard InChI is InChI=1S/C15H20ClNO2/c1-2-13(10-18)17-14(19)15(7-4-8-15)11-5-3-6-12(16)9-11/h3,5-6,9,13,18H,2,4,7-8,10H2,1H3,(H,17,19)/t13-/m1/s1. The number of hydrogen-bond acceptors (Lipinski definition) is 2. The SMILES string of the molecule is CC[C@H](CO)NC(=O)C1(c2cccc(Cl)c2)CCC1. The first-order chi connectivity index (χ1) is 9.12. The number of rotatable bonds is 5. The van der Waals surface area contributed by atoms with Crippen LogP contribution in [0.25, 0.3) is 0 Å². The molecule has 0 heterocycles. The molecule has 1 atom stereocenters. The molecule has 0 aliphatic heterocycles. The number of aliphatic hydroxyl groups excluding tert-OH is 1. The van der Waals surface area contributed by atoms with Crippen LogP contribution < -0.4 is 5.32 Å². The average Bonchev–Trinajstić information content (AvgIpc) is 2.34. The second kappa shape index (κ2) is 5.93. The van der Waals surface area contributed by atoms with Gasteiger partial charge in [0.25, 0.3) is 0 Å². The fourth-order valence-electron chi connectivity index (χ4n) is 2.56. The Morgan fingerprint density at radius 1 is 1.53 bits per heavy atom. The third-order valence-electron chi connectivity index (χ3n) is 4.07. The molecule has 1 aromatic carbocycles. The Kier molecular flexibility index (Phi) is 4.48. The molecule has 0 spiro atoms. The van der Waals surface area contributed by atoms with Crippen LogP contribution in [-0.4, -0.2) is 23.7 Å². The van der Waals surface area contributed by atoms with Crippen LogP contribution in [0.2, 0.25) is 5.02 Å². The third kappa shape index (κ3) is 2.77. The predicted molar refractivity (Wildman–Crippen MR) is 76.3 cm³/mol. The Morgan fingerprint density at radius 3 is 2.74 bits per heavy atom. The number of halogens is 1. The molecule has 19 heavy (non-hydrogen) atoms. The van der Waals surface area contributed by atoms with Gasteiger partial charge in [-0.15, -0.1) is 0 Å². The van der Waals surface area contributed by atoms with Crippen molar-refractivity contribution in [3.8, 4) is 0 Å². The van der Waals surface area contributed by atoms with Gasteiger partial charge >= 0.3 is 0 Å². The summed E-state index contributed by atoms with van der Waals surface area (Å²) in [6.45, 7) is 1.93. The predicted octanol–water partition coefficient (Wildman–Crippen LogP) is 2.65. The van der Waals surface area contributed by atoms with Crippen molar-refractivity contribution >= 4 is 17.5 Å². The average molecular weight is 282 g/mol. The fraction of sp³-hybridized carbons (Fsp3) is 0.533. The van der Waals surface area contributed by atoms with Gasteiger partial charge in [-0.1, -0.05) is 37.1 Å². The summed E-state index contributed by atoms with van der Waals surface area (Å²) >= 11 is 6.03. The van der Waals surface area contributed by atoms with E-state index in [9.17, 15) is 9.90 Å². The lowest BCUT2D eigenvalue weighted by molar-refractivity contribution is -0.131. The molecule has 0 aromatic heterocycles. The first-order valence-corrected chi connectivity index (χ1v) is 7.18. The van der Waals surface area contributed by atoms with Crippen LogP contribution in [-0.2, 0) is 10.2 Å². The summed E-state index contributed by atoms with van der Waals surface area (Å²) in [6, 6.07) is 7.38. The molecule has 0 saturated heterocycles. The van der Waals surface area contributed by atoms with Gasteiger partial charge in [-0.25, -0.2) is 0 Å². The summed E-state index contributed by atoms with van der Waals surface area (Å²) in [5, 5.41) is 12.8. The topological polar surface area (TPSA) is 49.3 Å². The van der Waals surface area contributed by atoms with Crippen LogP contribution in [0.4, 0.5) is 0 Å². The zero-order valence-electron chi connectivity index (χ0n) is 11.2. The van der Waals surface area contributed by atoms with Crippen molar-refractivity contribution in [3.05, 3.63) is 34.9 Å². The molecule has 1 aliphatic rings. The van der Waals surface area contributed by atoms with Crippen LogP contribution in [0.1, 0.15) is 38.2 Å². The normalized spacial score (nSPS) is 18.5. The van der Waals surface area contributed by atoms with Crippen molar-refractivity contribution in [2.45, 2.75) is 44.1 Å². The Morgan fingerprint density at radius 2 is 2.26 bits per heavy atom. The van der Waals surface area contributed by atoms with E-state index in [0.29, 0.717) is 5.02 Å². The second-order valence-corrected chi connectivity index (χ2v) is 5.64. The highest BCUT2D eigenvalue weighted by Gasteiger charge is 2.45. The summed E-state index contributed by atoms with van der Waals surface area (Å²) < 4.78 is 0. The number of aliphatic hydroxyl groups is 1. The molecular weight excluding hydrogens is 262 g/mol. The Balaban J connectivity index is 2.20. The number of carbonyl (C=O) groups excluding carboxylic acids is 1. The summed E-state index contributed by atoms with van der Waals surface area (Å²) in [7, 11) is 0. The maximum absolute atomic E-state index is 12.5. The lowest BCUT2D eigenvalue weighted by atomic mass is 9.63. The van der Waals surface area contributed by atoms with Gasteiger partial charge in [0.2, 0.25) is 5.91 Å². The van der Waals surface area contributed by atoms with Crippen LogP contribution >= 0.6 is 11.6 Å². The highest BCUT2D eigenvalue weighted by Crippen LogP contribution is 2.44. The lowest BCUT2D eigenvalue weighted by Crippen LogP contribution is -2.52. The van der Waals surface area contributed by atoms with Crippen molar-refractivity contribution in [2.75, 3.05) is 6.61 Å². The second-order valence-electron chi connectivity index (χ2n) is 5.21.